The smallest absolute Gasteiger partial charge is 0.234 e. The highest BCUT2D eigenvalue weighted by Crippen LogP contribution is 2.30. The molecule has 1 amide bonds. The fourth-order valence-corrected chi connectivity index (χ4v) is 3.84. The Morgan fingerprint density at radius 3 is 3.05 bits per heavy atom. The Balaban J connectivity index is 1.47. The largest absolute Gasteiger partial charge is 0.357 e. The summed E-state index contributed by atoms with van der Waals surface area (Å²) in [6.07, 6.45) is 4.43. The zero-order valence-electron chi connectivity index (χ0n) is 12.0. The van der Waals surface area contributed by atoms with Gasteiger partial charge in [-0.2, -0.15) is 0 Å². The highest BCUT2D eigenvalue weighted by Gasteiger charge is 2.22. The molecule has 1 aliphatic carbocycles. The van der Waals surface area contributed by atoms with Crippen LogP contribution in [-0.2, 0) is 4.79 Å². The van der Waals surface area contributed by atoms with Crippen LogP contribution in [0.1, 0.15) is 12.8 Å². The van der Waals surface area contributed by atoms with E-state index in [4.69, 9.17) is 0 Å². The molecule has 0 atom stereocenters. The molecule has 1 aliphatic rings. The van der Waals surface area contributed by atoms with Crippen LogP contribution in [0.3, 0.4) is 0 Å². The first kappa shape index (κ1) is 15.6. The van der Waals surface area contributed by atoms with Gasteiger partial charge in [0.05, 0.1) is 5.75 Å². The Morgan fingerprint density at radius 1 is 1.41 bits per heavy atom. The molecule has 116 valence electrons. The van der Waals surface area contributed by atoms with Crippen LogP contribution in [0.2, 0.25) is 0 Å². The van der Waals surface area contributed by atoms with E-state index in [-0.39, 0.29) is 5.91 Å². The third kappa shape index (κ3) is 4.62. The molecule has 0 aliphatic heterocycles. The number of nitrogens with zero attached hydrogens (tertiary/aromatic N) is 2. The molecule has 1 saturated carbocycles. The summed E-state index contributed by atoms with van der Waals surface area (Å²) in [5.41, 5.74) is 0.825. The minimum atomic E-state index is -0.0323. The van der Waals surface area contributed by atoms with E-state index >= 15 is 0 Å². The quantitative estimate of drug-likeness (QED) is 0.743. The highest BCUT2D eigenvalue weighted by molar-refractivity contribution is 8.01. The molecule has 2 aromatic rings. The topological polar surface area (TPSA) is 66.9 Å². The number of hydrogen-bond acceptors (Lipinski definition) is 7. The van der Waals surface area contributed by atoms with Gasteiger partial charge in [-0.3, -0.25) is 4.79 Å². The predicted octanol–water partition coefficient (Wildman–Crippen LogP) is 3.57. The van der Waals surface area contributed by atoms with Crippen molar-refractivity contribution in [3.8, 4) is 0 Å². The van der Waals surface area contributed by atoms with Crippen LogP contribution < -0.4 is 10.6 Å². The Morgan fingerprint density at radius 2 is 2.27 bits per heavy atom. The maximum atomic E-state index is 12.0. The summed E-state index contributed by atoms with van der Waals surface area (Å²) < 4.78 is 0.816. The van der Waals surface area contributed by atoms with E-state index in [2.05, 4.69) is 20.8 Å². The van der Waals surface area contributed by atoms with Crippen LogP contribution in [0.4, 0.5) is 10.8 Å². The number of hydrogen-bond donors (Lipinski definition) is 2. The molecule has 1 aromatic carbocycles. The molecule has 1 aromatic heterocycles. The van der Waals surface area contributed by atoms with Crippen molar-refractivity contribution in [2.75, 3.05) is 22.6 Å². The first-order chi connectivity index (χ1) is 10.7. The standard InChI is InChI=1S/C14H16N4OS3/c1-20-11-4-2-3-10(7-11)15-12(19)8-21-14-18-17-13(22-14)16-9-5-6-9/h2-4,7,9H,5-6,8H2,1H3,(H,15,19)(H,16,17). The highest BCUT2D eigenvalue weighted by atomic mass is 32.2. The third-order valence-electron chi connectivity index (χ3n) is 2.99. The summed E-state index contributed by atoms with van der Waals surface area (Å²) in [6.45, 7) is 0. The molecule has 0 radical (unpaired) electrons. The van der Waals surface area contributed by atoms with E-state index in [9.17, 15) is 4.79 Å². The second-order valence-electron chi connectivity index (χ2n) is 4.86. The van der Waals surface area contributed by atoms with E-state index in [1.54, 1.807) is 11.8 Å². The zero-order chi connectivity index (χ0) is 15.4. The van der Waals surface area contributed by atoms with Gasteiger partial charge >= 0.3 is 0 Å². The lowest BCUT2D eigenvalue weighted by Gasteiger charge is -2.05. The number of carbonyl (C=O) groups is 1. The summed E-state index contributed by atoms with van der Waals surface area (Å²) in [5.74, 6) is 0.303. The number of nitrogens with one attached hydrogen (secondary N) is 2. The van der Waals surface area contributed by atoms with Gasteiger partial charge in [0.25, 0.3) is 0 Å². The minimum absolute atomic E-state index is 0.0323. The molecule has 0 spiro atoms. The normalized spacial score (nSPS) is 13.9. The number of carbonyl (C=O) groups excluding carboxylic acids is 1. The molecule has 0 saturated heterocycles. The first-order valence-electron chi connectivity index (χ1n) is 6.89. The van der Waals surface area contributed by atoms with Crippen molar-refractivity contribution in [2.45, 2.75) is 28.1 Å². The lowest BCUT2D eigenvalue weighted by Crippen LogP contribution is -2.13. The number of aromatic nitrogens is 2. The van der Waals surface area contributed by atoms with Gasteiger partial charge in [0.2, 0.25) is 11.0 Å². The van der Waals surface area contributed by atoms with Gasteiger partial charge in [0, 0.05) is 16.6 Å². The third-order valence-corrected chi connectivity index (χ3v) is 5.70. The first-order valence-corrected chi connectivity index (χ1v) is 9.92. The molecule has 22 heavy (non-hydrogen) atoms. The maximum Gasteiger partial charge on any atom is 0.234 e. The van der Waals surface area contributed by atoms with Gasteiger partial charge in [-0.25, -0.2) is 0 Å². The van der Waals surface area contributed by atoms with Crippen LogP contribution in [0.15, 0.2) is 33.5 Å². The van der Waals surface area contributed by atoms with Crippen molar-refractivity contribution in [1.29, 1.82) is 0 Å². The number of benzene rings is 1. The summed E-state index contributed by atoms with van der Waals surface area (Å²) in [4.78, 5) is 13.1. The van der Waals surface area contributed by atoms with Gasteiger partial charge < -0.3 is 10.6 Å². The second-order valence-corrected chi connectivity index (χ2v) is 7.94. The van der Waals surface area contributed by atoms with Gasteiger partial charge in [0.1, 0.15) is 0 Å². The summed E-state index contributed by atoms with van der Waals surface area (Å²) in [7, 11) is 0. The van der Waals surface area contributed by atoms with Crippen molar-refractivity contribution in [3.63, 3.8) is 0 Å². The second kappa shape index (κ2) is 7.34. The molecule has 2 N–H and O–H groups in total. The molecule has 5 nitrogen and oxygen atoms in total. The number of rotatable bonds is 7. The fourth-order valence-electron chi connectivity index (χ4n) is 1.75. The van der Waals surface area contributed by atoms with Crippen molar-refractivity contribution in [2.24, 2.45) is 0 Å². The molecule has 0 unspecified atom stereocenters. The zero-order valence-corrected chi connectivity index (χ0v) is 14.5. The van der Waals surface area contributed by atoms with Gasteiger partial charge in [-0.15, -0.1) is 22.0 Å². The fraction of sp³-hybridized carbons (Fsp3) is 0.357. The van der Waals surface area contributed by atoms with E-state index in [1.165, 1.54) is 35.9 Å². The minimum Gasteiger partial charge on any atom is -0.357 e. The SMILES string of the molecule is CSc1cccc(NC(=O)CSc2nnc(NC3CC3)s2)c1. The monoisotopic (exact) mass is 352 g/mol. The van der Waals surface area contributed by atoms with E-state index in [0.29, 0.717) is 11.8 Å². The molecule has 8 heteroatoms. The van der Waals surface area contributed by atoms with Crippen LogP contribution in [0.25, 0.3) is 0 Å². The lowest BCUT2D eigenvalue weighted by atomic mass is 10.3. The van der Waals surface area contributed by atoms with Crippen LogP contribution in [0.5, 0.6) is 0 Å². The van der Waals surface area contributed by atoms with Crippen LogP contribution >= 0.6 is 34.9 Å². The van der Waals surface area contributed by atoms with Crippen LogP contribution in [0, 0.1) is 0 Å². The maximum absolute atomic E-state index is 12.0. The Labute approximate surface area is 141 Å². The van der Waals surface area contributed by atoms with Crippen LogP contribution in [-0.4, -0.2) is 34.2 Å². The van der Waals surface area contributed by atoms with Crippen molar-refractivity contribution < 1.29 is 4.79 Å². The Hall–Kier alpha value is -1.25. The molecule has 3 rings (SSSR count). The van der Waals surface area contributed by atoms with Crippen molar-refractivity contribution in [1.82, 2.24) is 10.2 Å². The molecular weight excluding hydrogens is 336 g/mol. The van der Waals surface area contributed by atoms with Gasteiger partial charge in [0.15, 0.2) is 4.34 Å². The van der Waals surface area contributed by atoms with Crippen molar-refractivity contribution in [3.05, 3.63) is 24.3 Å². The Bertz CT molecular complexity index is 657. The number of amides is 1. The van der Waals surface area contributed by atoms with E-state index in [1.807, 2.05) is 30.5 Å². The number of anilines is 2. The molecule has 1 heterocycles. The average Bonchev–Trinajstić information content (AvgIpc) is 3.22. The van der Waals surface area contributed by atoms with Gasteiger partial charge in [-0.05, 0) is 37.3 Å². The number of thioether (sulfide) groups is 2. The van der Waals surface area contributed by atoms with Gasteiger partial charge in [-0.1, -0.05) is 29.2 Å². The van der Waals surface area contributed by atoms with E-state index in [0.717, 1.165) is 20.1 Å². The summed E-state index contributed by atoms with van der Waals surface area (Å²) >= 11 is 4.57. The molecular formula is C14H16N4OS3. The summed E-state index contributed by atoms with van der Waals surface area (Å²) in [5, 5.41) is 15.2. The van der Waals surface area contributed by atoms with Crippen molar-refractivity contribution >= 4 is 51.6 Å². The molecule has 1 fully saturated rings. The average molecular weight is 353 g/mol. The van der Waals surface area contributed by atoms with E-state index < -0.39 is 0 Å². The summed E-state index contributed by atoms with van der Waals surface area (Å²) in [6, 6.07) is 8.39. The Kier molecular flexibility index (Phi) is 5.22. The lowest BCUT2D eigenvalue weighted by molar-refractivity contribution is -0.113. The molecule has 0 bridgehead atoms. The predicted molar refractivity (Wildman–Crippen MR) is 94.1 cm³/mol.